The molecule has 0 aliphatic heterocycles. The number of nitrogens with zero attached hydrogens (tertiary/aromatic N) is 2. The van der Waals surface area contributed by atoms with Crippen LogP contribution >= 0.6 is 11.6 Å². The molecule has 94 valence electrons. The number of halogens is 1. The van der Waals surface area contributed by atoms with Crippen LogP contribution in [0.25, 0.3) is 10.9 Å². The van der Waals surface area contributed by atoms with E-state index in [9.17, 15) is 4.79 Å². The van der Waals surface area contributed by atoms with Gasteiger partial charge in [0.2, 0.25) is 0 Å². The third kappa shape index (κ3) is 2.16. The van der Waals surface area contributed by atoms with Crippen molar-refractivity contribution < 1.29 is 9.53 Å². The molecule has 0 fully saturated rings. The molecule has 0 aliphatic rings. The van der Waals surface area contributed by atoms with Crippen molar-refractivity contribution in [2.45, 2.75) is 19.8 Å². The molecule has 1 aromatic carbocycles. The first-order valence-electron chi connectivity index (χ1n) is 5.59. The van der Waals surface area contributed by atoms with Gasteiger partial charge >= 0.3 is 5.97 Å². The van der Waals surface area contributed by atoms with E-state index in [4.69, 9.17) is 16.3 Å². The molecule has 0 bridgehead atoms. The van der Waals surface area contributed by atoms with Crippen LogP contribution in [0.3, 0.4) is 0 Å². The van der Waals surface area contributed by atoms with E-state index >= 15 is 0 Å². The Morgan fingerprint density at radius 1 is 1.33 bits per heavy atom. The number of carbonyl (C=O) groups excluding carboxylic acids is 1. The summed E-state index contributed by atoms with van der Waals surface area (Å²) in [4.78, 5) is 20.3. The first-order chi connectivity index (χ1) is 8.54. The topological polar surface area (TPSA) is 52.1 Å². The minimum absolute atomic E-state index is 0.137. The second kappa shape index (κ2) is 4.90. The molecule has 1 aromatic heterocycles. The number of methoxy groups -OCH3 is 1. The van der Waals surface area contributed by atoms with Gasteiger partial charge < -0.3 is 4.74 Å². The van der Waals surface area contributed by atoms with Crippen LogP contribution in [0, 0.1) is 0 Å². The van der Waals surface area contributed by atoms with E-state index in [1.54, 1.807) is 18.2 Å². The van der Waals surface area contributed by atoms with Crippen LogP contribution in [-0.2, 0) is 4.74 Å². The third-order valence-corrected chi connectivity index (χ3v) is 2.91. The van der Waals surface area contributed by atoms with E-state index in [0.717, 1.165) is 0 Å². The summed E-state index contributed by atoms with van der Waals surface area (Å²) in [5, 5.41) is 1.01. The number of benzene rings is 1. The molecule has 4 nitrogen and oxygen atoms in total. The van der Waals surface area contributed by atoms with E-state index in [-0.39, 0.29) is 5.92 Å². The number of fused-ring (bicyclic) bond motifs is 1. The number of ether oxygens (including phenoxy) is 1. The minimum atomic E-state index is -0.426. The van der Waals surface area contributed by atoms with Crippen molar-refractivity contribution in [1.29, 1.82) is 0 Å². The largest absolute Gasteiger partial charge is 0.465 e. The molecule has 0 radical (unpaired) electrons. The summed E-state index contributed by atoms with van der Waals surface area (Å²) in [6, 6.07) is 5.19. The molecule has 0 saturated heterocycles. The van der Waals surface area contributed by atoms with Crippen molar-refractivity contribution in [3.05, 3.63) is 34.7 Å². The van der Waals surface area contributed by atoms with Crippen LogP contribution in [0.15, 0.2) is 18.2 Å². The maximum Gasteiger partial charge on any atom is 0.340 e. The third-order valence-electron chi connectivity index (χ3n) is 2.62. The Labute approximate surface area is 110 Å². The number of hydrogen-bond acceptors (Lipinski definition) is 4. The van der Waals surface area contributed by atoms with Crippen LogP contribution in [0.2, 0.25) is 5.15 Å². The SMILES string of the molecule is COC(=O)c1cccc2c(Cl)nc(C(C)C)nc12. The lowest BCUT2D eigenvalue weighted by molar-refractivity contribution is 0.0603. The zero-order chi connectivity index (χ0) is 13.3. The lowest BCUT2D eigenvalue weighted by Crippen LogP contribution is -2.06. The van der Waals surface area contributed by atoms with Crippen LogP contribution < -0.4 is 0 Å². The van der Waals surface area contributed by atoms with Crippen LogP contribution in [0.4, 0.5) is 0 Å². The predicted molar refractivity (Wildman–Crippen MR) is 70.0 cm³/mol. The Hall–Kier alpha value is -1.68. The molecule has 1 heterocycles. The summed E-state index contributed by atoms with van der Waals surface area (Å²) in [7, 11) is 1.34. The first kappa shape index (κ1) is 12.8. The fourth-order valence-electron chi connectivity index (χ4n) is 1.66. The van der Waals surface area contributed by atoms with Crippen molar-refractivity contribution in [2.75, 3.05) is 7.11 Å². The van der Waals surface area contributed by atoms with Crippen molar-refractivity contribution >= 4 is 28.5 Å². The highest BCUT2D eigenvalue weighted by Gasteiger charge is 2.16. The molecule has 0 amide bonds. The highest BCUT2D eigenvalue weighted by molar-refractivity contribution is 6.34. The standard InChI is InChI=1S/C13H13ClN2O2/c1-7(2)12-15-10-8(11(14)16-12)5-4-6-9(10)13(17)18-3/h4-7H,1-3H3. The van der Waals surface area contributed by atoms with Gasteiger partial charge in [-0.15, -0.1) is 0 Å². The second-order valence-electron chi connectivity index (χ2n) is 4.22. The maximum absolute atomic E-state index is 11.7. The zero-order valence-corrected chi connectivity index (χ0v) is 11.2. The van der Waals surface area contributed by atoms with Gasteiger partial charge in [0, 0.05) is 11.3 Å². The first-order valence-corrected chi connectivity index (χ1v) is 5.97. The number of para-hydroxylation sites is 1. The van der Waals surface area contributed by atoms with Gasteiger partial charge in [0.1, 0.15) is 11.0 Å². The Bertz CT molecular complexity index is 611. The van der Waals surface area contributed by atoms with Crippen molar-refractivity contribution in [3.63, 3.8) is 0 Å². The number of rotatable bonds is 2. The van der Waals surface area contributed by atoms with Crippen LogP contribution in [0.1, 0.15) is 35.9 Å². The fourth-order valence-corrected chi connectivity index (χ4v) is 1.90. The summed E-state index contributed by atoms with van der Waals surface area (Å²) < 4.78 is 4.74. The van der Waals surface area contributed by atoms with Gasteiger partial charge in [0.15, 0.2) is 0 Å². The Morgan fingerprint density at radius 2 is 2.06 bits per heavy atom. The molecular formula is C13H13ClN2O2. The van der Waals surface area contributed by atoms with E-state index in [1.807, 2.05) is 13.8 Å². The van der Waals surface area contributed by atoms with Gasteiger partial charge in [-0.05, 0) is 12.1 Å². The summed E-state index contributed by atoms with van der Waals surface area (Å²) in [6.45, 7) is 3.94. The van der Waals surface area contributed by atoms with Crippen molar-refractivity contribution in [2.24, 2.45) is 0 Å². The van der Waals surface area contributed by atoms with Crippen LogP contribution in [-0.4, -0.2) is 23.0 Å². The fraction of sp³-hybridized carbons (Fsp3) is 0.308. The number of hydrogen-bond donors (Lipinski definition) is 0. The van der Waals surface area contributed by atoms with Gasteiger partial charge in [-0.2, -0.15) is 0 Å². The predicted octanol–water partition coefficient (Wildman–Crippen LogP) is 3.19. The van der Waals surface area contributed by atoms with Gasteiger partial charge in [-0.25, -0.2) is 14.8 Å². The number of carbonyl (C=O) groups is 1. The molecule has 2 rings (SSSR count). The molecule has 0 saturated carbocycles. The molecule has 0 unspecified atom stereocenters. The summed E-state index contributed by atoms with van der Waals surface area (Å²) in [5.74, 6) is 0.325. The molecule has 0 aliphatic carbocycles. The molecule has 0 atom stereocenters. The van der Waals surface area contributed by atoms with Crippen molar-refractivity contribution in [3.8, 4) is 0 Å². The van der Waals surface area contributed by atoms with Crippen molar-refractivity contribution in [1.82, 2.24) is 9.97 Å². The molecule has 5 heteroatoms. The lowest BCUT2D eigenvalue weighted by atomic mass is 10.1. The van der Waals surface area contributed by atoms with Gasteiger partial charge in [-0.3, -0.25) is 0 Å². The lowest BCUT2D eigenvalue weighted by Gasteiger charge is -2.09. The molecule has 2 aromatic rings. The van der Waals surface area contributed by atoms with Gasteiger partial charge in [0.05, 0.1) is 18.2 Å². The van der Waals surface area contributed by atoms with Gasteiger partial charge in [-0.1, -0.05) is 31.5 Å². The summed E-state index contributed by atoms with van der Waals surface area (Å²) in [5.41, 5.74) is 0.939. The summed E-state index contributed by atoms with van der Waals surface area (Å²) in [6.07, 6.45) is 0. The smallest absolute Gasteiger partial charge is 0.340 e. The number of aromatic nitrogens is 2. The van der Waals surface area contributed by atoms with E-state index in [1.165, 1.54) is 7.11 Å². The zero-order valence-electron chi connectivity index (χ0n) is 10.4. The Morgan fingerprint density at radius 3 is 2.67 bits per heavy atom. The highest BCUT2D eigenvalue weighted by atomic mass is 35.5. The summed E-state index contributed by atoms with van der Waals surface area (Å²) >= 11 is 6.12. The molecule has 0 N–H and O–H groups in total. The van der Waals surface area contributed by atoms with Gasteiger partial charge in [0.25, 0.3) is 0 Å². The van der Waals surface area contributed by atoms with E-state index < -0.39 is 5.97 Å². The van der Waals surface area contributed by atoms with E-state index in [2.05, 4.69) is 9.97 Å². The maximum atomic E-state index is 11.7. The molecule has 0 spiro atoms. The highest BCUT2D eigenvalue weighted by Crippen LogP contribution is 2.25. The number of esters is 1. The molecule has 18 heavy (non-hydrogen) atoms. The average molecular weight is 265 g/mol. The van der Waals surface area contributed by atoms with E-state index in [0.29, 0.717) is 27.4 Å². The molecular weight excluding hydrogens is 252 g/mol. The minimum Gasteiger partial charge on any atom is -0.465 e. The quantitative estimate of drug-likeness (QED) is 0.617. The average Bonchev–Trinajstić information content (AvgIpc) is 2.37. The Kier molecular flexibility index (Phi) is 3.48. The normalized spacial score (nSPS) is 10.9. The van der Waals surface area contributed by atoms with Crippen LogP contribution in [0.5, 0.6) is 0 Å². The Balaban J connectivity index is 2.77. The monoisotopic (exact) mass is 264 g/mol. The second-order valence-corrected chi connectivity index (χ2v) is 4.58.